The minimum absolute atomic E-state index is 0.0429. The summed E-state index contributed by atoms with van der Waals surface area (Å²) in [5, 5.41) is 2.93. The molecule has 1 saturated heterocycles. The molecule has 0 spiro atoms. The summed E-state index contributed by atoms with van der Waals surface area (Å²) in [7, 11) is 0. The van der Waals surface area contributed by atoms with Gasteiger partial charge in [-0.2, -0.15) is 0 Å². The lowest BCUT2D eigenvalue weighted by atomic mass is 10.2. The van der Waals surface area contributed by atoms with Crippen molar-refractivity contribution >= 4 is 17.5 Å². The third kappa shape index (κ3) is 4.89. The van der Waals surface area contributed by atoms with Crippen molar-refractivity contribution in [1.29, 1.82) is 0 Å². The summed E-state index contributed by atoms with van der Waals surface area (Å²) in [4.78, 5) is 28.5. The molecule has 146 valence electrons. The second-order valence-electron chi connectivity index (χ2n) is 7.36. The van der Waals surface area contributed by atoms with Crippen molar-refractivity contribution in [3.8, 4) is 11.5 Å². The maximum atomic E-state index is 12.3. The number of anilines is 1. The summed E-state index contributed by atoms with van der Waals surface area (Å²) in [5.41, 5.74) is 0.743. The van der Waals surface area contributed by atoms with Crippen molar-refractivity contribution in [1.82, 2.24) is 9.80 Å². The average molecular weight is 379 g/mol. The van der Waals surface area contributed by atoms with Crippen LogP contribution in [-0.4, -0.2) is 54.3 Å². The summed E-state index contributed by atoms with van der Waals surface area (Å²) >= 11 is 0. The molecular weight excluding hydrogens is 354 g/mol. The van der Waals surface area contributed by atoms with Crippen LogP contribution in [0.1, 0.15) is 12.8 Å². The molecular formula is C22H25N3O3. The quantitative estimate of drug-likeness (QED) is 0.838. The molecule has 6 nitrogen and oxygen atoms in total. The van der Waals surface area contributed by atoms with E-state index in [9.17, 15) is 9.59 Å². The summed E-state index contributed by atoms with van der Waals surface area (Å²) in [6, 6.07) is 16.9. The maximum Gasteiger partial charge on any atom is 0.238 e. The first-order valence-electron chi connectivity index (χ1n) is 9.81. The lowest BCUT2D eigenvalue weighted by Crippen LogP contribution is -2.50. The minimum Gasteiger partial charge on any atom is -0.457 e. The van der Waals surface area contributed by atoms with E-state index in [1.807, 2.05) is 59.5 Å². The van der Waals surface area contributed by atoms with Gasteiger partial charge in [-0.1, -0.05) is 18.2 Å². The van der Waals surface area contributed by atoms with Crippen LogP contribution in [0.5, 0.6) is 11.5 Å². The number of benzene rings is 2. The Kier molecular flexibility index (Phi) is 5.58. The van der Waals surface area contributed by atoms with Crippen molar-refractivity contribution in [3.63, 3.8) is 0 Å². The van der Waals surface area contributed by atoms with Crippen LogP contribution in [-0.2, 0) is 9.59 Å². The van der Waals surface area contributed by atoms with Gasteiger partial charge < -0.3 is 15.0 Å². The number of rotatable bonds is 6. The van der Waals surface area contributed by atoms with Crippen LogP contribution in [0.4, 0.5) is 5.69 Å². The van der Waals surface area contributed by atoms with Crippen LogP contribution < -0.4 is 10.1 Å². The van der Waals surface area contributed by atoms with Crippen molar-refractivity contribution < 1.29 is 14.3 Å². The van der Waals surface area contributed by atoms with E-state index < -0.39 is 0 Å². The number of hydrogen-bond acceptors (Lipinski definition) is 4. The SMILES string of the molecule is O=C(CN1CCN(C(=O)C2CC2)CC1)Nc1ccc(Oc2ccccc2)cc1. The smallest absolute Gasteiger partial charge is 0.238 e. The number of para-hydroxylation sites is 1. The van der Waals surface area contributed by atoms with Gasteiger partial charge in [0.1, 0.15) is 11.5 Å². The van der Waals surface area contributed by atoms with Gasteiger partial charge in [0.15, 0.2) is 0 Å². The maximum absolute atomic E-state index is 12.3. The highest BCUT2D eigenvalue weighted by Gasteiger charge is 2.34. The number of ether oxygens (including phenoxy) is 1. The third-order valence-electron chi connectivity index (χ3n) is 5.09. The highest BCUT2D eigenvalue weighted by molar-refractivity contribution is 5.92. The van der Waals surface area contributed by atoms with E-state index in [1.165, 1.54) is 0 Å². The zero-order valence-corrected chi connectivity index (χ0v) is 15.8. The van der Waals surface area contributed by atoms with Crippen molar-refractivity contribution in [2.45, 2.75) is 12.8 Å². The molecule has 1 saturated carbocycles. The van der Waals surface area contributed by atoms with E-state index in [1.54, 1.807) is 0 Å². The van der Waals surface area contributed by atoms with Gasteiger partial charge in [-0.3, -0.25) is 14.5 Å². The number of carbonyl (C=O) groups excluding carboxylic acids is 2. The Bertz CT molecular complexity index is 811. The predicted octanol–water partition coefficient (Wildman–Crippen LogP) is 2.97. The van der Waals surface area contributed by atoms with E-state index >= 15 is 0 Å². The molecule has 0 unspecified atom stereocenters. The van der Waals surface area contributed by atoms with E-state index in [0.717, 1.165) is 43.1 Å². The molecule has 2 aromatic carbocycles. The number of nitrogens with zero attached hydrogens (tertiary/aromatic N) is 2. The number of hydrogen-bond donors (Lipinski definition) is 1. The fourth-order valence-corrected chi connectivity index (χ4v) is 3.35. The lowest BCUT2D eigenvalue weighted by molar-refractivity contribution is -0.134. The van der Waals surface area contributed by atoms with Crippen LogP contribution in [0.15, 0.2) is 54.6 Å². The standard InChI is InChI=1S/C22H25N3O3/c26-21(16-24-12-14-25(15-13-24)22(27)17-6-7-17)23-18-8-10-20(11-9-18)28-19-4-2-1-3-5-19/h1-5,8-11,17H,6-7,12-16H2,(H,23,26). The topological polar surface area (TPSA) is 61.9 Å². The second-order valence-corrected chi connectivity index (χ2v) is 7.36. The zero-order valence-electron chi connectivity index (χ0n) is 15.8. The number of amides is 2. The number of carbonyl (C=O) groups is 2. The molecule has 0 bridgehead atoms. The largest absolute Gasteiger partial charge is 0.457 e. The molecule has 2 amide bonds. The summed E-state index contributed by atoms with van der Waals surface area (Å²) < 4.78 is 5.76. The molecule has 4 rings (SSSR count). The van der Waals surface area contributed by atoms with Crippen LogP contribution in [0.3, 0.4) is 0 Å². The van der Waals surface area contributed by atoms with Crippen LogP contribution >= 0.6 is 0 Å². The number of nitrogens with one attached hydrogen (secondary N) is 1. The van der Waals surface area contributed by atoms with Gasteiger partial charge in [0.2, 0.25) is 11.8 Å². The molecule has 2 aromatic rings. The van der Waals surface area contributed by atoms with Gasteiger partial charge in [0, 0.05) is 37.8 Å². The van der Waals surface area contributed by atoms with Crippen LogP contribution in [0.25, 0.3) is 0 Å². The molecule has 28 heavy (non-hydrogen) atoms. The normalized spacial score (nSPS) is 17.2. The monoisotopic (exact) mass is 379 g/mol. The van der Waals surface area contributed by atoms with Crippen LogP contribution in [0.2, 0.25) is 0 Å². The molecule has 1 N–H and O–H groups in total. The Balaban J connectivity index is 1.22. The first-order valence-corrected chi connectivity index (χ1v) is 9.81. The Hall–Kier alpha value is -2.86. The first kappa shape index (κ1) is 18.5. The van der Waals surface area contributed by atoms with E-state index in [-0.39, 0.29) is 11.8 Å². The van der Waals surface area contributed by atoms with E-state index in [4.69, 9.17) is 4.74 Å². The van der Waals surface area contributed by atoms with Gasteiger partial charge in [-0.05, 0) is 49.2 Å². The van der Waals surface area contributed by atoms with E-state index in [2.05, 4.69) is 10.2 Å². The molecule has 2 aliphatic rings. The second kappa shape index (κ2) is 8.44. The molecule has 2 fully saturated rings. The molecule has 0 radical (unpaired) electrons. The fraction of sp³-hybridized carbons (Fsp3) is 0.364. The van der Waals surface area contributed by atoms with E-state index in [0.29, 0.717) is 25.5 Å². The van der Waals surface area contributed by atoms with Crippen molar-refractivity contribution in [2.75, 3.05) is 38.0 Å². The fourth-order valence-electron chi connectivity index (χ4n) is 3.35. The average Bonchev–Trinajstić information content (AvgIpc) is 3.56. The third-order valence-corrected chi connectivity index (χ3v) is 5.09. The molecule has 6 heteroatoms. The highest BCUT2D eigenvalue weighted by Crippen LogP contribution is 2.31. The summed E-state index contributed by atoms with van der Waals surface area (Å²) in [5.74, 6) is 2.02. The number of piperazine rings is 1. The Morgan fingerprint density at radius 3 is 2.18 bits per heavy atom. The van der Waals surface area contributed by atoms with Crippen LogP contribution in [0, 0.1) is 5.92 Å². The molecule has 1 heterocycles. The van der Waals surface area contributed by atoms with Gasteiger partial charge in [-0.25, -0.2) is 0 Å². The lowest BCUT2D eigenvalue weighted by Gasteiger charge is -2.34. The van der Waals surface area contributed by atoms with Gasteiger partial charge in [0.25, 0.3) is 0 Å². The Labute approximate surface area is 165 Å². The Morgan fingerprint density at radius 2 is 1.54 bits per heavy atom. The van der Waals surface area contributed by atoms with Crippen molar-refractivity contribution in [2.24, 2.45) is 5.92 Å². The van der Waals surface area contributed by atoms with Gasteiger partial charge in [0.05, 0.1) is 6.54 Å². The molecule has 1 aliphatic heterocycles. The zero-order chi connectivity index (χ0) is 19.3. The Morgan fingerprint density at radius 1 is 0.893 bits per heavy atom. The van der Waals surface area contributed by atoms with Crippen molar-refractivity contribution in [3.05, 3.63) is 54.6 Å². The predicted molar refractivity (Wildman–Crippen MR) is 107 cm³/mol. The van der Waals surface area contributed by atoms with Gasteiger partial charge in [-0.15, -0.1) is 0 Å². The highest BCUT2D eigenvalue weighted by atomic mass is 16.5. The first-order chi connectivity index (χ1) is 13.7. The summed E-state index contributed by atoms with van der Waals surface area (Å²) in [6.07, 6.45) is 2.08. The van der Waals surface area contributed by atoms with Gasteiger partial charge >= 0.3 is 0 Å². The minimum atomic E-state index is -0.0429. The molecule has 1 aliphatic carbocycles. The molecule has 0 aromatic heterocycles. The summed E-state index contributed by atoms with van der Waals surface area (Å²) in [6.45, 7) is 3.27. The molecule has 0 atom stereocenters.